The standard InChI is InChI=1S/C11H13N3OS2/c12-17-11(7-13-5-6-15-11)10-14-8-3-1-2-4-9(8)16-10/h1-4,13H,5-7,12H2. The lowest BCUT2D eigenvalue weighted by Crippen LogP contribution is -2.46. The zero-order valence-corrected chi connectivity index (χ0v) is 10.8. The number of nitrogens with zero attached hydrogens (tertiary/aromatic N) is 1. The summed E-state index contributed by atoms with van der Waals surface area (Å²) in [4.78, 5) is 4.11. The number of nitrogens with one attached hydrogen (secondary N) is 1. The number of thiazole rings is 1. The third-order valence-corrected chi connectivity index (χ3v) is 4.93. The minimum absolute atomic E-state index is 0.526. The largest absolute Gasteiger partial charge is 0.354 e. The van der Waals surface area contributed by atoms with Crippen molar-refractivity contribution >= 4 is 33.5 Å². The molecular weight excluding hydrogens is 254 g/mol. The number of ether oxygens (including phenoxy) is 1. The molecule has 90 valence electrons. The van der Waals surface area contributed by atoms with Crippen molar-refractivity contribution in [1.82, 2.24) is 10.3 Å². The van der Waals surface area contributed by atoms with Crippen molar-refractivity contribution in [3.8, 4) is 0 Å². The summed E-state index contributed by atoms with van der Waals surface area (Å²) >= 11 is 2.88. The van der Waals surface area contributed by atoms with E-state index in [0.29, 0.717) is 13.2 Å². The van der Waals surface area contributed by atoms with E-state index in [9.17, 15) is 0 Å². The molecule has 1 aromatic carbocycles. The van der Waals surface area contributed by atoms with Gasteiger partial charge in [-0.25, -0.2) is 4.98 Å². The first-order valence-electron chi connectivity index (χ1n) is 5.43. The van der Waals surface area contributed by atoms with Crippen molar-refractivity contribution in [3.63, 3.8) is 0 Å². The van der Waals surface area contributed by atoms with Crippen molar-refractivity contribution in [3.05, 3.63) is 29.3 Å². The van der Waals surface area contributed by atoms with Gasteiger partial charge in [-0.1, -0.05) is 12.1 Å². The van der Waals surface area contributed by atoms with Crippen LogP contribution in [-0.4, -0.2) is 24.7 Å². The molecular formula is C11H13N3OS2. The fourth-order valence-corrected chi connectivity index (χ4v) is 3.65. The van der Waals surface area contributed by atoms with Gasteiger partial charge in [-0.05, 0) is 24.1 Å². The number of nitrogens with two attached hydrogens (primary N) is 1. The summed E-state index contributed by atoms with van der Waals surface area (Å²) in [6, 6.07) is 8.10. The Balaban J connectivity index is 2.05. The molecule has 2 heterocycles. The monoisotopic (exact) mass is 267 g/mol. The molecule has 2 aromatic rings. The Morgan fingerprint density at radius 2 is 2.35 bits per heavy atom. The van der Waals surface area contributed by atoms with Crippen molar-refractivity contribution in [1.29, 1.82) is 0 Å². The Bertz CT molecular complexity index is 489. The average molecular weight is 267 g/mol. The molecule has 1 fully saturated rings. The number of aromatic nitrogens is 1. The molecule has 3 N–H and O–H groups in total. The molecule has 0 bridgehead atoms. The number of fused-ring (bicyclic) bond motifs is 1. The smallest absolute Gasteiger partial charge is 0.191 e. The molecule has 1 aliphatic heterocycles. The number of hydrogen-bond donors (Lipinski definition) is 2. The molecule has 3 rings (SSSR count). The fourth-order valence-electron chi connectivity index (χ4n) is 1.89. The van der Waals surface area contributed by atoms with Crippen LogP contribution in [0.3, 0.4) is 0 Å². The third-order valence-electron chi connectivity index (χ3n) is 2.78. The lowest BCUT2D eigenvalue weighted by molar-refractivity contribution is -0.00101. The summed E-state index contributed by atoms with van der Waals surface area (Å²) in [5.41, 5.74) is 1.01. The Hall–Kier alpha value is -0.660. The summed E-state index contributed by atoms with van der Waals surface area (Å²) in [7, 11) is 0. The molecule has 1 saturated heterocycles. The lowest BCUT2D eigenvalue weighted by atomic mass is 10.3. The van der Waals surface area contributed by atoms with E-state index in [0.717, 1.165) is 17.1 Å². The topological polar surface area (TPSA) is 60.2 Å². The Labute approximate surface area is 108 Å². The quantitative estimate of drug-likeness (QED) is 0.811. The molecule has 0 spiro atoms. The summed E-state index contributed by atoms with van der Waals surface area (Å²) < 4.78 is 7.03. The van der Waals surface area contributed by atoms with Gasteiger partial charge >= 0.3 is 0 Å². The third kappa shape index (κ3) is 1.96. The van der Waals surface area contributed by atoms with Gasteiger partial charge in [0.1, 0.15) is 5.01 Å². The van der Waals surface area contributed by atoms with Crippen LogP contribution in [0, 0.1) is 0 Å². The maximum atomic E-state index is 5.85. The number of rotatable bonds is 2. The fraction of sp³-hybridized carbons (Fsp3) is 0.364. The highest BCUT2D eigenvalue weighted by molar-refractivity contribution is 7.98. The lowest BCUT2D eigenvalue weighted by Gasteiger charge is -2.33. The van der Waals surface area contributed by atoms with E-state index in [1.807, 2.05) is 18.2 Å². The van der Waals surface area contributed by atoms with E-state index in [1.165, 1.54) is 16.6 Å². The average Bonchev–Trinajstić information content (AvgIpc) is 2.84. The van der Waals surface area contributed by atoms with Gasteiger partial charge in [0.2, 0.25) is 0 Å². The first-order chi connectivity index (χ1) is 8.34. The molecule has 0 amide bonds. The molecule has 0 radical (unpaired) electrons. The van der Waals surface area contributed by atoms with Gasteiger partial charge in [-0.2, -0.15) is 0 Å². The van der Waals surface area contributed by atoms with E-state index < -0.39 is 4.93 Å². The van der Waals surface area contributed by atoms with Crippen LogP contribution in [0.2, 0.25) is 0 Å². The van der Waals surface area contributed by atoms with E-state index in [2.05, 4.69) is 16.4 Å². The van der Waals surface area contributed by atoms with Crippen LogP contribution in [0.25, 0.3) is 10.2 Å². The molecule has 0 aliphatic carbocycles. The highest BCUT2D eigenvalue weighted by Crippen LogP contribution is 2.39. The normalized spacial score (nSPS) is 25.2. The van der Waals surface area contributed by atoms with Crippen molar-refractivity contribution in [2.45, 2.75) is 4.93 Å². The van der Waals surface area contributed by atoms with Crippen molar-refractivity contribution in [2.24, 2.45) is 5.14 Å². The number of benzene rings is 1. The highest BCUT2D eigenvalue weighted by Gasteiger charge is 2.38. The molecule has 4 nitrogen and oxygen atoms in total. The maximum absolute atomic E-state index is 5.85. The molecule has 1 aliphatic rings. The molecule has 6 heteroatoms. The minimum atomic E-state index is -0.526. The number of para-hydroxylation sites is 1. The summed E-state index contributed by atoms with van der Waals surface area (Å²) in [5.74, 6) is 0. The van der Waals surface area contributed by atoms with E-state index in [1.54, 1.807) is 11.3 Å². The van der Waals surface area contributed by atoms with Crippen molar-refractivity contribution < 1.29 is 4.74 Å². The van der Waals surface area contributed by atoms with Gasteiger partial charge in [0.25, 0.3) is 0 Å². The summed E-state index contributed by atoms with van der Waals surface area (Å²) in [6.45, 7) is 2.24. The maximum Gasteiger partial charge on any atom is 0.191 e. The van der Waals surface area contributed by atoms with Crippen LogP contribution < -0.4 is 10.5 Å². The van der Waals surface area contributed by atoms with E-state index in [4.69, 9.17) is 9.88 Å². The Morgan fingerprint density at radius 1 is 1.47 bits per heavy atom. The zero-order chi connectivity index (χ0) is 11.7. The Kier molecular flexibility index (Phi) is 3.06. The van der Waals surface area contributed by atoms with E-state index in [-0.39, 0.29) is 0 Å². The van der Waals surface area contributed by atoms with Gasteiger partial charge < -0.3 is 10.1 Å². The second-order valence-electron chi connectivity index (χ2n) is 3.88. The minimum Gasteiger partial charge on any atom is -0.354 e. The van der Waals surface area contributed by atoms with Gasteiger partial charge in [0.05, 0.1) is 16.8 Å². The van der Waals surface area contributed by atoms with Crippen LogP contribution in [0.4, 0.5) is 0 Å². The molecule has 0 saturated carbocycles. The zero-order valence-electron chi connectivity index (χ0n) is 9.18. The summed E-state index contributed by atoms with van der Waals surface area (Å²) in [5, 5.41) is 10.1. The van der Waals surface area contributed by atoms with Gasteiger partial charge in [0, 0.05) is 13.1 Å². The van der Waals surface area contributed by atoms with Crippen LogP contribution in [0.1, 0.15) is 5.01 Å². The van der Waals surface area contributed by atoms with Crippen molar-refractivity contribution in [2.75, 3.05) is 19.7 Å². The first-order valence-corrected chi connectivity index (χ1v) is 7.12. The SMILES string of the molecule is NSC1(c2nc3ccccc3s2)CNCCO1. The van der Waals surface area contributed by atoms with Gasteiger partial charge in [-0.15, -0.1) is 11.3 Å². The molecule has 1 aromatic heterocycles. The molecule has 17 heavy (non-hydrogen) atoms. The number of morpholine rings is 1. The first kappa shape index (κ1) is 11.4. The van der Waals surface area contributed by atoms with Crippen LogP contribution in [0.5, 0.6) is 0 Å². The van der Waals surface area contributed by atoms with Crippen LogP contribution in [-0.2, 0) is 9.67 Å². The van der Waals surface area contributed by atoms with E-state index >= 15 is 0 Å². The van der Waals surface area contributed by atoms with Crippen LogP contribution >= 0.6 is 23.3 Å². The van der Waals surface area contributed by atoms with Crippen LogP contribution in [0.15, 0.2) is 24.3 Å². The number of hydrogen-bond acceptors (Lipinski definition) is 6. The molecule has 1 unspecified atom stereocenters. The molecule has 1 atom stereocenters. The second kappa shape index (κ2) is 4.55. The van der Waals surface area contributed by atoms with Gasteiger partial charge in [0.15, 0.2) is 4.93 Å². The predicted molar refractivity (Wildman–Crippen MR) is 71.9 cm³/mol. The predicted octanol–water partition coefficient (Wildman–Crippen LogP) is 1.68. The second-order valence-corrected chi connectivity index (χ2v) is 5.81. The highest BCUT2D eigenvalue weighted by atomic mass is 32.2. The van der Waals surface area contributed by atoms with Gasteiger partial charge in [-0.3, -0.25) is 5.14 Å². The summed E-state index contributed by atoms with van der Waals surface area (Å²) in [6.07, 6.45) is 0. The Morgan fingerprint density at radius 3 is 3.06 bits per heavy atom.